The Morgan fingerprint density at radius 3 is 2.85 bits per heavy atom. The number of sulfonamides is 1. The third-order valence-corrected chi connectivity index (χ3v) is 6.59. The molecule has 2 saturated heterocycles. The molecule has 1 aromatic rings. The monoisotopic (exact) mass is 403 g/mol. The summed E-state index contributed by atoms with van der Waals surface area (Å²) in [6.07, 6.45) is 2.08. The van der Waals surface area contributed by atoms with E-state index in [2.05, 4.69) is 9.72 Å². The first-order valence-corrected chi connectivity index (χ1v) is 10.2. The van der Waals surface area contributed by atoms with Crippen LogP contribution in [0.4, 0.5) is 0 Å². The smallest absolute Gasteiger partial charge is 0.308 e. The molecule has 3 rings (SSSR count). The molecule has 2 fully saturated rings. The molecule has 2 aliphatic heterocycles. The minimum absolute atomic E-state index is 0.00247. The molecule has 4 atom stereocenters. The Morgan fingerprint density at radius 1 is 1.41 bits per heavy atom. The van der Waals surface area contributed by atoms with Gasteiger partial charge in [0.25, 0.3) is 10.0 Å². The molecule has 1 N–H and O–H groups in total. The standard InChI is InChI=1S/C16H25N3O7S/c1-18-7-15(17-10-18)27(22,23)19-6-11(20)8-25-9-14-13(19)4-3-12(26-14)5-16(21)24-2/h7,10-14,20H,3-6,8-9H2,1-2H3/t11-,12+,13-,14+/m1/s1. The number of nitrogens with zero attached hydrogens (tertiary/aromatic N) is 3. The molecule has 0 unspecified atom stereocenters. The zero-order valence-corrected chi connectivity index (χ0v) is 16.2. The van der Waals surface area contributed by atoms with Gasteiger partial charge in [-0.1, -0.05) is 0 Å². The van der Waals surface area contributed by atoms with Crippen molar-refractivity contribution in [3.05, 3.63) is 12.5 Å². The van der Waals surface area contributed by atoms with E-state index in [1.54, 1.807) is 11.6 Å². The number of β-amino-alcohol motifs (C(OH)–C–C–N with tert-alkyl or cyclic N) is 1. The van der Waals surface area contributed by atoms with Gasteiger partial charge in [-0.25, -0.2) is 13.4 Å². The molecular weight excluding hydrogens is 378 g/mol. The summed E-state index contributed by atoms with van der Waals surface area (Å²) in [5.41, 5.74) is 0. The number of fused-ring (bicyclic) bond motifs is 1. The number of hydrogen-bond donors (Lipinski definition) is 1. The molecule has 11 heteroatoms. The average molecular weight is 403 g/mol. The van der Waals surface area contributed by atoms with Crippen LogP contribution in [0.15, 0.2) is 17.6 Å². The summed E-state index contributed by atoms with van der Waals surface area (Å²) in [4.78, 5) is 15.5. The first-order chi connectivity index (χ1) is 12.8. The summed E-state index contributed by atoms with van der Waals surface area (Å²) < 4.78 is 45.2. The Kier molecular flexibility index (Phi) is 6.16. The zero-order valence-electron chi connectivity index (χ0n) is 15.4. The van der Waals surface area contributed by atoms with Gasteiger partial charge in [-0.15, -0.1) is 0 Å². The third-order valence-electron chi connectivity index (χ3n) is 4.81. The van der Waals surface area contributed by atoms with Gasteiger partial charge in [-0.3, -0.25) is 4.79 Å². The van der Waals surface area contributed by atoms with Crippen LogP contribution in [-0.4, -0.2) is 84.6 Å². The van der Waals surface area contributed by atoms with Crippen molar-refractivity contribution in [3.8, 4) is 0 Å². The zero-order chi connectivity index (χ0) is 19.6. The SMILES string of the molecule is COC(=O)C[C@@H]1CC[C@@H]2[C@H](COC[C@H](O)CN2S(=O)(=O)c2cn(C)cn2)O1. The minimum atomic E-state index is -3.92. The van der Waals surface area contributed by atoms with Crippen LogP contribution >= 0.6 is 0 Å². The van der Waals surface area contributed by atoms with Crippen LogP contribution in [0.3, 0.4) is 0 Å². The van der Waals surface area contributed by atoms with Crippen molar-refractivity contribution in [2.45, 2.75) is 48.6 Å². The van der Waals surface area contributed by atoms with Crippen LogP contribution in [-0.2, 0) is 36.1 Å². The number of aryl methyl sites for hydroxylation is 1. The molecule has 0 saturated carbocycles. The van der Waals surface area contributed by atoms with E-state index in [4.69, 9.17) is 9.47 Å². The summed E-state index contributed by atoms with van der Waals surface area (Å²) in [5, 5.41) is 10.1. The normalized spacial score (nSPS) is 30.2. The summed E-state index contributed by atoms with van der Waals surface area (Å²) in [5.74, 6) is -0.376. The summed E-state index contributed by atoms with van der Waals surface area (Å²) in [7, 11) is -0.913. The second-order valence-electron chi connectivity index (χ2n) is 6.86. The molecule has 2 aliphatic rings. The highest BCUT2D eigenvalue weighted by atomic mass is 32.2. The number of aromatic nitrogens is 2. The third kappa shape index (κ3) is 4.49. The number of ether oxygens (including phenoxy) is 3. The van der Waals surface area contributed by atoms with Crippen LogP contribution < -0.4 is 0 Å². The number of aliphatic hydroxyl groups excluding tert-OH is 1. The van der Waals surface area contributed by atoms with Crippen LogP contribution in [0.25, 0.3) is 0 Å². The molecular formula is C16H25N3O7S. The predicted octanol–water partition coefficient (Wildman–Crippen LogP) is -0.719. The first kappa shape index (κ1) is 20.2. The molecule has 152 valence electrons. The van der Waals surface area contributed by atoms with Gasteiger partial charge in [0, 0.05) is 19.8 Å². The van der Waals surface area contributed by atoms with Gasteiger partial charge >= 0.3 is 5.97 Å². The number of rotatable bonds is 4. The van der Waals surface area contributed by atoms with Crippen LogP contribution in [0.5, 0.6) is 0 Å². The maximum atomic E-state index is 13.1. The Balaban J connectivity index is 1.84. The lowest BCUT2D eigenvalue weighted by molar-refractivity contribution is -0.157. The van der Waals surface area contributed by atoms with E-state index < -0.39 is 28.3 Å². The van der Waals surface area contributed by atoms with E-state index in [-0.39, 0.29) is 43.3 Å². The molecule has 0 aliphatic carbocycles. The van der Waals surface area contributed by atoms with Gasteiger partial charge in [-0.05, 0) is 12.8 Å². The Bertz CT molecular complexity index is 766. The van der Waals surface area contributed by atoms with Gasteiger partial charge < -0.3 is 23.9 Å². The maximum absolute atomic E-state index is 13.1. The number of carbonyl (C=O) groups excluding carboxylic acids is 1. The minimum Gasteiger partial charge on any atom is -0.469 e. The fourth-order valence-corrected chi connectivity index (χ4v) is 5.17. The lowest BCUT2D eigenvalue weighted by Gasteiger charge is -2.43. The van der Waals surface area contributed by atoms with Crippen LogP contribution in [0.2, 0.25) is 0 Å². The molecule has 1 aromatic heterocycles. The van der Waals surface area contributed by atoms with Crippen LogP contribution in [0.1, 0.15) is 19.3 Å². The van der Waals surface area contributed by atoms with Gasteiger partial charge in [-0.2, -0.15) is 4.31 Å². The fourth-order valence-electron chi connectivity index (χ4n) is 3.48. The second-order valence-corrected chi connectivity index (χ2v) is 8.70. The summed E-state index contributed by atoms with van der Waals surface area (Å²) in [6, 6.07) is -0.513. The van der Waals surface area contributed by atoms with E-state index in [0.29, 0.717) is 12.8 Å². The molecule has 10 nitrogen and oxygen atoms in total. The molecule has 0 aromatic carbocycles. The van der Waals surface area contributed by atoms with Crippen molar-refractivity contribution in [3.63, 3.8) is 0 Å². The largest absolute Gasteiger partial charge is 0.469 e. The molecule has 0 radical (unpaired) electrons. The van der Waals surface area contributed by atoms with E-state index >= 15 is 0 Å². The molecule has 27 heavy (non-hydrogen) atoms. The van der Waals surface area contributed by atoms with Gasteiger partial charge in [0.15, 0.2) is 5.03 Å². The first-order valence-electron chi connectivity index (χ1n) is 8.79. The van der Waals surface area contributed by atoms with Crippen molar-refractivity contribution < 1.29 is 32.5 Å². The fraction of sp³-hybridized carbons (Fsp3) is 0.750. The number of esters is 1. The number of carbonyl (C=O) groups is 1. The van der Waals surface area contributed by atoms with Crippen LogP contribution in [0, 0.1) is 0 Å². The van der Waals surface area contributed by atoms with Gasteiger partial charge in [0.1, 0.15) is 0 Å². The van der Waals surface area contributed by atoms with E-state index in [1.165, 1.54) is 23.9 Å². The number of hydrogen-bond acceptors (Lipinski definition) is 8. The lowest BCUT2D eigenvalue weighted by Crippen LogP contribution is -2.57. The molecule has 0 amide bonds. The van der Waals surface area contributed by atoms with Gasteiger partial charge in [0.2, 0.25) is 0 Å². The summed E-state index contributed by atoms with van der Waals surface area (Å²) >= 11 is 0. The van der Waals surface area contributed by atoms with E-state index in [1.807, 2.05) is 0 Å². The molecule has 0 spiro atoms. The number of aliphatic hydroxyl groups is 1. The summed E-state index contributed by atoms with van der Waals surface area (Å²) in [6.45, 7) is 0.0290. The molecule has 3 heterocycles. The Labute approximate surface area is 158 Å². The van der Waals surface area contributed by atoms with Crippen molar-refractivity contribution >= 4 is 16.0 Å². The quantitative estimate of drug-likeness (QED) is 0.654. The van der Waals surface area contributed by atoms with Crippen molar-refractivity contribution in [2.75, 3.05) is 26.9 Å². The topological polar surface area (TPSA) is 120 Å². The predicted molar refractivity (Wildman–Crippen MR) is 92.2 cm³/mol. The highest BCUT2D eigenvalue weighted by Crippen LogP contribution is 2.31. The lowest BCUT2D eigenvalue weighted by atomic mass is 9.96. The van der Waals surface area contributed by atoms with E-state index in [0.717, 1.165) is 0 Å². The highest BCUT2D eigenvalue weighted by Gasteiger charge is 2.43. The Hall–Kier alpha value is -1.53. The van der Waals surface area contributed by atoms with E-state index in [9.17, 15) is 18.3 Å². The maximum Gasteiger partial charge on any atom is 0.308 e. The van der Waals surface area contributed by atoms with Crippen molar-refractivity contribution in [1.82, 2.24) is 13.9 Å². The highest BCUT2D eigenvalue weighted by molar-refractivity contribution is 7.89. The second kappa shape index (κ2) is 8.23. The van der Waals surface area contributed by atoms with Crippen molar-refractivity contribution in [2.24, 2.45) is 7.05 Å². The Morgan fingerprint density at radius 2 is 2.19 bits per heavy atom. The molecule has 0 bridgehead atoms. The average Bonchev–Trinajstić information content (AvgIpc) is 3.06. The number of imidazole rings is 1. The van der Waals surface area contributed by atoms with Crippen molar-refractivity contribution in [1.29, 1.82) is 0 Å². The van der Waals surface area contributed by atoms with Gasteiger partial charge in [0.05, 0.1) is 57.4 Å². The number of methoxy groups -OCH3 is 1.